The molecule has 0 saturated carbocycles. The molecule has 20 heavy (non-hydrogen) atoms. The van der Waals surface area contributed by atoms with Crippen LogP contribution in [0.15, 0.2) is 17.5 Å². The Balaban J connectivity index is 1.82. The molecule has 0 bridgehead atoms. The van der Waals surface area contributed by atoms with Gasteiger partial charge in [-0.05, 0) is 26.0 Å². The van der Waals surface area contributed by atoms with Crippen LogP contribution in [0.5, 0.6) is 0 Å². The molecule has 6 nitrogen and oxygen atoms in total. The fourth-order valence-electron chi connectivity index (χ4n) is 1.62. The summed E-state index contributed by atoms with van der Waals surface area (Å²) in [6, 6.07) is 3.41. The van der Waals surface area contributed by atoms with Crippen LogP contribution in [-0.4, -0.2) is 34.2 Å². The van der Waals surface area contributed by atoms with E-state index in [1.54, 1.807) is 23.5 Å². The van der Waals surface area contributed by atoms with Gasteiger partial charge < -0.3 is 10.6 Å². The number of aromatic nitrogens is 3. The average Bonchev–Trinajstić information content (AvgIpc) is 2.85. The molecule has 106 valence electrons. The largest absolute Gasteiger partial charge is 0.369 e. The molecule has 1 amide bonds. The fourth-order valence-corrected chi connectivity index (χ4v) is 2.40. The highest BCUT2D eigenvalue weighted by Crippen LogP contribution is 2.08. The molecule has 0 aliphatic heterocycles. The molecule has 0 aromatic carbocycles. The van der Waals surface area contributed by atoms with Crippen molar-refractivity contribution < 1.29 is 4.79 Å². The van der Waals surface area contributed by atoms with Crippen LogP contribution in [-0.2, 0) is 6.42 Å². The Bertz CT molecular complexity index is 566. The van der Waals surface area contributed by atoms with Crippen LogP contribution in [0.1, 0.15) is 28.1 Å². The zero-order chi connectivity index (χ0) is 14.4. The van der Waals surface area contributed by atoms with Crippen molar-refractivity contribution in [2.24, 2.45) is 0 Å². The summed E-state index contributed by atoms with van der Waals surface area (Å²) in [6.45, 7) is 5.25. The van der Waals surface area contributed by atoms with E-state index in [0.29, 0.717) is 18.1 Å². The Morgan fingerprint density at radius 3 is 2.80 bits per heavy atom. The van der Waals surface area contributed by atoms with E-state index in [2.05, 4.69) is 25.8 Å². The maximum Gasteiger partial charge on any atom is 0.271 e. The second-order valence-electron chi connectivity index (χ2n) is 4.22. The Hall–Kier alpha value is -2.02. The number of hydrogen-bond donors (Lipinski definition) is 2. The highest BCUT2D eigenvalue weighted by atomic mass is 32.1. The van der Waals surface area contributed by atoms with Crippen molar-refractivity contribution in [3.63, 3.8) is 0 Å². The van der Waals surface area contributed by atoms with Crippen LogP contribution in [0, 0.1) is 6.92 Å². The van der Waals surface area contributed by atoms with Gasteiger partial charge in [-0.15, -0.1) is 21.5 Å². The number of anilines is 1. The predicted octanol–water partition coefficient (Wildman–Crippen LogP) is 1.65. The quantitative estimate of drug-likeness (QED) is 0.846. The standard InChI is InChI=1S/C13H17N5OS/c1-3-14-11-5-4-10(17-18-11)13(19)15-7-6-12-16-9(2)8-20-12/h4-5,8H,3,6-7H2,1-2H3,(H,14,18)(H,15,19). The minimum absolute atomic E-state index is 0.214. The number of amides is 1. The molecule has 0 fully saturated rings. The summed E-state index contributed by atoms with van der Waals surface area (Å²) in [6.07, 6.45) is 0.729. The van der Waals surface area contributed by atoms with Crippen molar-refractivity contribution in [3.8, 4) is 0 Å². The molecule has 0 atom stereocenters. The zero-order valence-corrected chi connectivity index (χ0v) is 12.3. The van der Waals surface area contributed by atoms with Gasteiger partial charge in [-0.1, -0.05) is 0 Å². The average molecular weight is 291 g/mol. The third-order valence-corrected chi connectivity index (χ3v) is 3.57. The lowest BCUT2D eigenvalue weighted by Gasteiger charge is -2.04. The van der Waals surface area contributed by atoms with Crippen molar-refractivity contribution in [3.05, 3.63) is 33.9 Å². The van der Waals surface area contributed by atoms with Crippen LogP contribution >= 0.6 is 11.3 Å². The summed E-state index contributed by atoms with van der Waals surface area (Å²) < 4.78 is 0. The summed E-state index contributed by atoms with van der Waals surface area (Å²) in [4.78, 5) is 16.2. The molecular formula is C13H17N5OS. The Morgan fingerprint density at radius 1 is 1.35 bits per heavy atom. The topological polar surface area (TPSA) is 79.8 Å². The monoisotopic (exact) mass is 291 g/mol. The van der Waals surface area contributed by atoms with Crippen molar-refractivity contribution in [1.82, 2.24) is 20.5 Å². The van der Waals surface area contributed by atoms with E-state index in [1.165, 1.54) is 0 Å². The van der Waals surface area contributed by atoms with Gasteiger partial charge in [0.25, 0.3) is 5.91 Å². The molecule has 0 aliphatic carbocycles. The number of nitrogens with one attached hydrogen (secondary N) is 2. The number of aryl methyl sites for hydroxylation is 1. The lowest BCUT2D eigenvalue weighted by Crippen LogP contribution is -2.26. The smallest absolute Gasteiger partial charge is 0.271 e. The van der Waals surface area contributed by atoms with E-state index in [1.807, 2.05) is 19.2 Å². The first-order valence-electron chi connectivity index (χ1n) is 6.46. The predicted molar refractivity (Wildman–Crippen MR) is 79.1 cm³/mol. The molecule has 0 aliphatic rings. The number of nitrogens with zero attached hydrogens (tertiary/aromatic N) is 3. The van der Waals surface area contributed by atoms with Gasteiger partial charge in [0.05, 0.1) is 5.01 Å². The maximum atomic E-state index is 11.9. The van der Waals surface area contributed by atoms with Crippen molar-refractivity contribution in [1.29, 1.82) is 0 Å². The van der Waals surface area contributed by atoms with Gasteiger partial charge in [0, 0.05) is 30.6 Å². The van der Waals surface area contributed by atoms with Crippen LogP contribution in [0.3, 0.4) is 0 Å². The van der Waals surface area contributed by atoms with Gasteiger partial charge in [0.15, 0.2) is 5.69 Å². The van der Waals surface area contributed by atoms with Gasteiger partial charge in [0.2, 0.25) is 0 Å². The van der Waals surface area contributed by atoms with Gasteiger partial charge in [-0.25, -0.2) is 4.98 Å². The molecule has 2 rings (SSSR count). The third-order valence-electron chi connectivity index (χ3n) is 2.55. The van der Waals surface area contributed by atoms with E-state index in [4.69, 9.17) is 0 Å². The fraction of sp³-hybridized carbons (Fsp3) is 0.385. The lowest BCUT2D eigenvalue weighted by atomic mass is 10.3. The van der Waals surface area contributed by atoms with Crippen molar-refractivity contribution >= 4 is 23.1 Å². The van der Waals surface area contributed by atoms with E-state index < -0.39 is 0 Å². The van der Waals surface area contributed by atoms with Crippen LogP contribution in [0.25, 0.3) is 0 Å². The first kappa shape index (κ1) is 14.4. The first-order valence-corrected chi connectivity index (χ1v) is 7.34. The normalized spacial score (nSPS) is 10.3. The summed E-state index contributed by atoms with van der Waals surface area (Å²) in [5, 5.41) is 16.7. The second-order valence-corrected chi connectivity index (χ2v) is 5.17. The van der Waals surface area contributed by atoms with Crippen molar-refractivity contribution in [2.75, 3.05) is 18.4 Å². The van der Waals surface area contributed by atoms with Crippen LogP contribution < -0.4 is 10.6 Å². The summed E-state index contributed by atoms with van der Waals surface area (Å²) in [5.41, 5.74) is 1.34. The number of carbonyl (C=O) groups excluding carboxylic acids is 1. The number of hydrogen-bond acceptors (Lipinski definition) is 6. The van der Waals surface area contributed by atoms with Crippen LogP contribution in [0.4, 0.5) is 5.82 Å². The molecule has 2 N–H and O–H groups in total. The molecule has 2 aromatic heterocycles. The van der Waals surface area contributed by atoms with Gasteiger partial charge in [0.1, 0.15) is 5.82 Å². The van der Waals surface area contributed by atoms with E-state index in [0.717, 1.165) is 23.7 Å². The Kier molecular flexibility index (Phi) is 5.00. The van der Waals surface area contributed by atoms with Gasteiger partial charge >= 0.3 is 0 Å². The third kappa shape index (κ3) is 3.99. The molecular weight excluding hydrogens is 274 g/mol. The minimum atomic E-state index is -0.214. The molecule has 0 unspecified atom stereocenters. The zero-order valence-electron chi connectivity index (χ0n) is 11.5. The maximum absolute atomic E-state index is 11.9. The van der Waals surface area contributed by atoms with E-state index in [-0.39, 0.29) is 5.91 Å². The molecule has 2 heterocycles. The van der Waals surface area contributed by atoms with Crippen molar-refractivity contribution in [2.45, 2.75) is 20.3 Å². The molecule has 7 heteroatoms. The highest BCUT2D eigenvalue weighted by molar-refractivity contribution is 7.09. The van der Waals surface area contributed by atoms with Gasteiger partial charge in [-0.2, -0.15) is 0 Å². The summed E-state index contributed by atoms with van der Waals surface area (Å²) in [7, 11) is 0. The number of rotatable bonds is 6. The van der Waals surface area contributed by atoms with Gasteiger partial charge in [-0.3, -0.25) is 4.79 Å². The minimum Gasteiger partial charge on any atom is -0.369 e. The molecule has 0 spiro atoms. The Morgan fingerprint density at radius 2 is 2.20 bits per heavy atom. The first-order chi connectivity index (χ1) is 9.69. The number of thiazole rings is 1. The highest BCUT2D eigenvalue weighted by Gasteiger charge is 2.08. The SMILES string of the molecule is CCNc1ccc(C(=O)NCCc2nc(C)cs2)nn1. The molecule has 2 aromatic rings. The Labute approximate surface area is 121 Å². The summed E-state index contributed by atoms with van der Waals surface area (Å²) in [5.74, 6) is 0.455. The van der Waals surface area contributed by atoms with E-state index in [9.17, 15) is 4.79 Å². The lowest BCUT2D eigenvalue weighted by molar-refractivity contribution is 0.0948. The summed E-state index contributed by atoms with van der Waals surface area (Å²) >= 11 is 1.61. The van der Waals surface area contributed by atoms with Crippen LogP contribution in [0.2, 0.25) is 0 Å². The van der Waals surface area contributed by atoms with E-state index >= 15 is 0 Å². The second kappa shape index (κ2) is 6.95. The number of carbonyl (C=O) groups is 1. The molecule has 0 saturated heterocycles. The molecule has 0 radical (unpaired) electrons.